The first-order valence-electron chi connectivity index (χ1n) is 10.7. The fourth-order valence-electron chi connectivity index (χ4n) is 4.16. The Kier molecular flexibility index (Phi) is 5.01. The Morgan fingerprint density at radius 2 is 1.86 bits per heavy atom. The van der Waals surface area contributed by atoms with Crippen molar-refractivity contribution < 1.29 is 23.1 Å². The highest BCUT2D eigenvalue weighted by atomic mass is 19.1. The average Bonchev–Trinajstić information content (AvgIpc) is 3.25. The van der Waals surface area contributed by atoms with Crippen molar-refractivity contribution in [2.24, 2.45) is 5.73 Å². The number of hydrogen-bond donors (Lipinski definition) is 2. The molecule has 0 spiro atoms. The standard InChI is InChI=1S/C24H20F2N6O3/c1-11-18(21-29-17(19(27)33)16-20(30-21)31-23(34)24(16,2)3)32-9-5-8-15(22(32)28-11)35-10-12-13(25)6-4-7-14(12)26/h4-9H,10H2,1-3H3,(H2,27,33)(H,29,30,31,34). The molecule has 1 aliphatic heterocycles. The Morgan fingerprint density at radius 3 is 2.54 bits per heavy atom. The van der Waals surface area contributed by atoms with Gasteiger partial charge >= 0.3 is 0 Å². The van der Waals surface area contributed by atoms with Gasteiger partial charge in [0.25, 0.3) is 5.91 Å². The van der Waals surface area contributed by atoms with Crippen LogP contribution in [0.25, 0.3) is 17.2 Å². The van der Waals surface area contributed by atoms with E-state index in [9.17, 15) is 18.4 Å². The molecule has 0 radical (unpaired) electrons. The van der Waals surface area contributed by atoms with Crippen LogP contribution in [-0.4, -0.2) is 31.2 Å². The number of fused-ring (bicyclic) bond motifs is 2. The van der Waals surface area contributed by atoms with E-state index in [0.29, 0.717) is 22.6 Å². The third-order valence-corrected chi connectivity index (χ3v) is 6.00. The van der Waals surface area contributed by atoms with E-state index in [1.165, 1.54) is 6.07 Å². The van der Waals surface area contributed by atoms with E-state index < -0.39 is 23.0 Å². The summed E-state index contributed by atoms with van der Waals surface area (Å²) in [6, 6.07) is 6.87. The van der Waals surface area contributed by atoms with Crippen LogP contribution in [0.15, 0.2) is 36.5 Å². The number of amides is 2. The van der Waals surface area contributed by atoms with Crippen LogP contribution in [-0.2, 0) is 16.8 Å². The normalized spacial score (nSPS) is 14.1. The number of nitrogens with one attached hydrogen (secondary N) is 1. The number of carbonyl (C=O) groups is 2. The molecule has 11 heteroatoms. The molecule has 1 aliphatic rings. The zero-order valence-electron chi connectivity index (χ0n) is 19.0. The molecular weight excluding hydrogens is 458 g/mol. The van der Waals surface area contributed by atoms with Crippen LogP contribution in [0.4, 0.5) is 14.6 Å². The molecule has 0 fully saturated rings. The minimum atomic E-state index is -1.03. The highest BCUT2D eigenvalue weighted by molar-refractivity contribution is 6.08. The van der Waals surface area contributed by atoms with E-state index in [-0.39, 0.29) is 41.2 Å². The van der Waals surface area contributed by atoms with Gasteiger partial charge in [-0.2, -0.15) is 0 Å². The van der Waals surface area contributed by atoms with Crippen LogP contribution >= 0.6 is 0 Å². The molecule has 3 N–H and O–H groups in total. The quantitative estimate of drug-likeness (QED) is 0.454. The van der Waals surface area contributed by atoms with Crippen molar-refractivity contribution in [1.82, 2.24) is 19.4 Å². The van der Waals surface area contributed by atoms with Gasteiger partial charge in [0.2, 0.25) is 5.91 Å². The van der Waals surface area contributed by atoms with E-state index in [1.54, 1.807) is 43.5 Å². The molecule has 5 rings (SSSR count). The second-order valence-electron chi connectivity index (χ2n) is 8.66. The molecule has 0 unspecified atom stereocenters. The molecule has 4 aromatic rings. The molecule has 1 aromatic carbocycles. The van der Waals surface area contributed by atoms with Crippen LogP contribution in [0, 0.1) is 18.6 Å². The molecule has 2 amide bonds. The number of pyridine rings is 1. The molecule has 0 atom stereocenters. The van der Waals surface area contributed by atoms with Crippen LogP contribution in [0.3, 0.4) is 0 Å². The number of hydrogen-bond acceptors (Lipinski definition) is 6. The van der Waals surface area contributed by atoms with E-state index >= 15 is 0 Å². The van der Waals surface area contributed by atoms with E-state index in [0.717, 1.165) is 12.1 Å². The summed E-state index contributed by atoms with van der Waals surface area (Å²) in [7, 11) is 0. The molecule has 0 aliphatic carbocycles. The lowest BCUT2D eigenvalue weighted by Crippen LogP contribution is -2.29. The molecule has 178 valence electrons. The van der Waals surface area contributed by atoms with E-state index in [1.807, 2.05) is 0 Å². The number of nitrogens with two attached hydrogens (primary N) is 1. The maximum absolute atomic E-state index is 14.0. The summed E-state index contributed by atoms with van der Waals surface area (Å²) in [5.74, 6) is -1.95. The number of primary amides is 1. The number of anilines is 1. The second kappa shape index (κ2) is 7.83. The number of rotatable bonds is 5. The first kappa shape index (κ1) is 22.4. The minimum Gasteiger partial charge on any atom is -0.485 e. The lowest BCUT2D eigenvalue weighted by atomic mass is 9.85. The lowest BCUT2D eigenvalue weighted by molar-refractivity contribution is -0.119. The number of benzene rings is 1. The smallest absolute Gasteiger partial charge is 0.267 e. The minimum absolute atomic E-state index is 0.0647. The zero-order chi connectivity index (χ0) is 25.1. The fraction of sp³-hybridized carbons (Fsp3) is 0.208. The van der Waals surface area contributed by atoms with E-state index in [4.69, 9.17) is 10.5 Å². The van der Waals surface area contributed by atoms with Crippen molar-refractivity contribution in [3.05, 3.63) is 70.7 Å². The van der Waals surface area contributed by atoms with Gasteiger partial charge < -0.3 is 15.8 Å². The van der Waals surface area contributed by atoms with Crippen molar-refractivity contribution >= 4 is 23.3 Å². The molecule has 35 heavy (non-hydrogen) atoms. The third-order valence-electron chi connectivity index (χ3n) is 6.00. The molecule has 0 saturated carbocycles. The summed E-state index contributed by atoms with van der Waals surface area (Å²) in [5, 5.41) is 2.69. The first-order valence-corrected chi connectivity index (χ1v) is 10.7. The summed E-state index contributed by atoms with van der Waals surface area (Å²) in [5.41, 5.74) is 5.92. The summed E-state index contributed by atoms with van der Waals surface area (Å²) in [4.78, 5) is 38.1. The summed E-state index contributed by atoms with van der Waals surface area (Å²) >= 11 is 0. The number of imidazole rings is 1. The van der Waals surface area contributed by atoms with Gasteiger partial charge in [0, 0.05) is 11.8 Å². The van der Waals surface area contributed by atoms with Crippen molar-refractivity contribution in [2.75, 3.05) is 5.32 Å². The maximum Gasteiger partial charge on any atom is 0.267 e. The summed E-state index contributed by atoms with van der Waals surface area (Å²) < 4.78 is 35.4. The van der Waals surface area contributed by atoms with Gasteiger partial charge in [0.05, 0.1) is 16.7 Å². The van der Waals surface area contributed by atoms with Crippen molar-refractivity contribution in [3.63, 3.8) is 0 Å². The highest BCUT2D eigenvalue weighted by Crippen LogP contribution is 2.39. The Hall–Kier alpha value is -4.41. The number of halogens is 2. The predicted octanol–water partition coefficient (Wildman–Crippen LogP) is 3.29. The average molecular weight is 478 g/mol. The molecule has 0 saturated heterocycles. The monoisotopic (exact) mass is 478 g/mol. The van der Waals surface area contributed by atoms with Crippen LogP contribution < -0.4 is 15.8 Å². The van der Waals surface area contributed by atoms with Gasteiger partial charge in [-0.25, -0.2) is 23.7 Å². The summed E-state index contributed by atoms with van der Waals surface area (Å²) in [6.45, 7) is 4.68. The molecule has 4 heterocycles. The second-order valence-corrected chi connectivity index (χ2v) is 8.66. The Bertz CT molecular complexity index is 1530. The Balaban J connectivity index is 1.61. The van der Waals surface area contributed by atoms with Crippen LogP contribution in [0.5, 0.6) is 5.75 Å². The van der Waals surface area contributed by atoms with Gasteiger partial charge in [0.15, 0.2) is 17.2 Å². The van der Waals surface area contributed by atoms with Crippen LogP contribution in [0.2, 0.25) is 0 Å². The highest BCUT2D eigenvalue weighted by Gasteiger charge is 2.43. The molecule has 9 nitrogen and oxygen atoms in total. The number of nitrogens with zero attached hydrogens (tertiary/aromatic N) is 4. The van der Waals surface area contributed by atoms with Crippen molar-refractivity contribution in [3.8, 4) is 17.3 Å². The fourth-order valence-corrected chi connectivity index (χ4v) is 4.16. The van der Waals surface area contributed by atoms with Crippen LogP contribution in [0.1, 0.15) is 41.2 Å². The molecular formula is C24H20F2N6O3. The van der Waals surface area contributed by atoms with Gasteiger partial charge in [0.1, 0.15) is 35.4 Å². The third kappa shape index (κ3) is 3.47. The largest absolute Gasteiger partial charge is 0.485 e. The number of carbonyl (C=O) groups excluding carboxylic acids is 2. The Morgan fingerprint density at radius 1 is 1.14 bits per heavy atom. The molecule has 3 aromatic heterocycles. The number of ether oxygens (including phenoxy) is 1. The number of aromatic nitrogens is 4. The Labute approximate surface area is 198 Å². The summed E-state index contributed by atoms with van der Waals surface area (Å²) in [6.07, 6.45) is 1.68. The molecule has 0 bridgehead atoms. The van der Waals surface area contributed by atoms with E-state index in [2.05, 4.69) is 20.3 Å². The van der Waals surface area contributed by atoms with Crippen molar-refractivity contribution in [2.45, 2.75) is 32.8 Å². The zero-order valence-corrected chi connectivity index (χ0v) is 19.0. The van der Waals surface area contributed by atoms with Gasteiger partial charge in [-0.15, -0.1) is 0 Å². The first-order chi connectivity index (χ1) is 16.6. The number of aryl methyl sites for hydroxylation is 1. The topological polar surface area (TPSA) is 124 Å². The SMILES string of the molecule is Cc1nc2c(OCc3c(F)cccc3F)cccn2c1-c1nc2c(c(C(N)=O)n1)C(C)(C)C(=O)N2. The van der Waals surface area contributed by atoms with Crippen molar-refractivity contribution in [1.29, 1.82) is 0 Å². The lowest BCUT2D eigenvalue weighted by Gasteiger charge is -2.17. The predicted molar refractivity (Wildman–Crippen MR) is 122 cm³/mol. The van der Waals surface area contributed by atoms with Gasteiger partial charge in [-0.05, 0) is 45.0 Å². The van der Waals surface area contributed by atoms with Gasteiger partial charge in [-0.1, -0.05) is 6.07 Å². The van der Waals surface area contributed by atoms with Gasteiger partial charge in [-0.3, -0.25) is 14.0 Å². The maximum atomic E-state index is 14.0.